The number of aliphatic carboxylic acids is 2. The SMILES string of the molecule is C=C.CC(C(=O)[O-])N(CCC(=O)NC[n+]1c(/C=C2\Sc3ccc(Cl)cc3N2CCCS(=O)(=O)[O-])sc2ccc(Cl)cc21)c1ccc(C=O)cc1.Cc1cccc(C)c1N(CCCNc1cccc(N2NN=NC2S)c1)CC(=O)[O-]. The normalized spacial score (nSPS) is 14.3. The Morgan fingerprint density at radius 3 is 2.30 bits per heavy atom. The number of carbonyl (C=O) groups is 4. The number of hydrogen-bond donors (Lipinski definition) is 4. The summed E-state index contributed by atoms with van der Waals surface area (Å²) in [6.45, 7) is 13.0. The third-order valence-corrected chi connectivity index (χ3v) is 16.1. The molecular formula is C54H58Cl2N10O9S4-2. The molecule has 79 heavy (non-hydrogen) atoms. The van der Waals surface area contributed by atoms with Crippen LogP contribution in [0.25, 0.3) is 16.3 Å². The lowest BCUT2D eigenvalue weighted by Crippen LogP contribution is -2.48. The number of hydrogen-bond acceptors (Lipinski definition) is 20. The largest absolute Gasteiger partial charge is 0.748 e. The molecule has 0 aliphatic carbocycles. The monoisotopic (exact) mass is 1190 g/mol. The molecule has 0 saturated heterocycles. The molecule has 1 aromatic heterocycles. The van der Waals surface area contributed by atoms with E-state index in [-0.39, 0.29) is 50.5 Å². The van der Waals surface area contributed by atoms with Crippen molar-refractivity contribution in [3.05, 3.63) is 153 Å². The Morgan fingerprint density at radius 1 is 0.949 bits per heavy atom. The van der Waals surface area contributed by atoms with Gasteiger partial charge in [0.05, 0.1) is 57.1 Å². The van der Waals surface area contributed by atoms with E-state index in [1.54, 1.807) is 53.5 Å². The number of carboxylic acids is 2. The number of carbonyl (C=O) groups excluding carboxylic acids is 4. The Kier molecular flexibility index (Phi) is 22.4. The van der Waals surface area contributed by atoms with Crippen molar-refractivity contribution < 1.29 is 46.9 Å². The number of aryl methyl sites for hydroxylation is 2. The van der Waals surface area contributed by atoms with E-state index in [0.717, 1.165) is 65.4 Å². The van der Waals surface area contributed by atoms with Crippen LogP contribution in [0.2, 0.25) is 10.0 Å². The molecule has 1 amide bonds. The molecule has 0 radical (unpaired) electrons. The average molecular weight is 1190 g/mol. The fourth-order valence-electron chi connectivity index (χ4n) is 8.58. The molecule has 3 N–H and O–H groups in total. The lowest BCUT2D eigenvalue weighted by Gasteiger charge is -2.31. The number of nitrogens with one attached hydrogen (secondary N) is 3. The van der Waals surface area contributed by atoms with E-state index in [1.165, 1.54) is 34.9 Å². The highest BCUT2D eigenvalue weighted by Gasteiger charge is 2.29. The molecule has 6 aromatic rings. The molecule has 2 unspecified atom stereocenters. The van der Waals surface area contributed by atoms with Gasteiger partial charge in [-0.05, 0) is 118 Å². The van der Waals surface area contributed by atoms with Crippen LogP contribution in [0.3, 0.4) is 0 Å². The molecule has 8 rings (SSSR count). The summed E-state index contributed by atoms with van der Waals surface area (Å²) in [7, 11) is -4.39. The van der Waals surface area contributed by atoms with Gasteiger partial charge in [-0.25, -0.2) is 13.4 Å². The van der Waals surface area contributed by atoms with Gasteiger partial charge in [0.15, 0.2) is 0 Å². The highest BCUT2D eigenvalue weighted by atomic mass is 35.5. The van der Waals surface area contributed by atoms with E-state index >= 15 is 0 Å². The first-order valence-corrected chi connectivity index (χ1v) is 29.1. The van der Waals surface area contributed by atoms with Gasteiger partial charge in [0.25, 0.3) is 5.01 Å². The van der Waals surface area contributed by atoms with E-state index in [1.807, 2.05) is 88.9 Å². The first kappa shape index (κ1) is 61.4. The summed E-state index contributed by atoms with van der Waals surface area (Å²) in [5.74, 6) is -3.22. The second-order valence-electron chi connectivity index (χ2n) is 17.7. The molecule has 2 aliphatic heterocycles. The number of hydrazine groups is 1. The van der Waals surface area contributed by atoms with Crippen LogP contribution in [0.1, 0.15) is 52.7 Å². The third kappa shape index (κ3) is 17.1. The second-order valence-corrected chi connectivity index (χ2v) is 22.7. The maximum Gasteiger partial charge on any atom is 0.267 e. The zero-order valence-corrected chi connectivity index (χ0v) is 48.2. The summed E-state index contributed by atoms with van der Waals surface area (Å²) in [6, 6.07) is 30.0. The summed E-state index contributed by atoms with van der Waals surface area (Å²) in [5, 5.41) is 41.3. The van der Waals surface area contributed by atoms with Crippen molar-refractivity contribution in [1.29, 1.82) is 0 Å². The number of amides is 1. The predicted molar refractivity (Wildman–Crippen MR) is 312 cm³/mol. The van der Waals surface area contributed by atoms with Crippen LogP contribution in [0.5, 0.6) is 0 Å². The number of rotatable bonds is 23. The van der Waals surface area contributed by atoms with Crippen LogP contribution >= 0.6 is 58.9 Å². The molecule has 2 aliphatic rings. The van der Waals surface area contributed by atoms with E-state index < -0.39 is 33.9 Å². The average Bonchev–Trinajstić information content (AvgIpc) is 4.29. The van der Waals surface area contributed by atoms with Crippen LogP contribution < -0.4 is 50.7 Å². The standard InChI is InChI=1S/C32H30Cl2N4O7S3.C20H26N6O2S.C2H4/c1-20(32(41)42)36(24-7-3-21(18-39)4-8-24)13-11-29(40)35-19-38-26-16-23(34)6-10-28(26)47-31(38)17-30-37(12-2-14-48(43,44)45)25-15-22(33)5-9-27(25)46-30;1-14-6-3-7-15(2)19(14)25(13-18(27)28)11-5-10-21-16-8-4-9-17(12-16)26-20(29)22-23-24-26;1-2/h3-10,15-18,20H,2,11-14,19H2,1H3,(H2-,35,40,41,42,43,44,45);3-4,6-9,12,20-21,29H,5,10-11,13H2,1-2H3,(H,22,24)(H,27,28);1-2H2/p-2. The summed E-state index contributed by atoms with van der Waals surface area (Å²) in [4.78, 5) is 53.4. The van der Waals surface area contributed by atoms with Crippen LogP contribution in [0, 0.1) is 13.8 Å². The number of nitrogens with zero attached hydrogens (tertiary/aromatic N) is 7. The van der Waals surface area contributed by atoms with Gasteiger partial charge in [-0.3, -0.25) is 9.59 Å². The van der Waals surface area contributed by atoms with E-state index in [2.05, 4.69) is 52.3 Å². The van der Waals surface area contributed by atoms with Crippen molar-refractivity contribution in [3.63, 3.8) is 0 Å². The maximum absolute atomic E-state index is 13.2. The molecule has 3 heterocycles. The van der Waals surface area contributed by atoms with Gasteiger partial charge >= 0.3 is 0 Å². The minimum atomic E-state index is -4.39. The predicted octanol–water partition coefficient (Wildman–Crippen LogP) is 7.33. The van der Waals surface area contributed by atoms with Gasteiger partial charge in [-0.15, -0.1) is 30.9 Å². The van der Waals surface area contributed by atoms with Gasteiger partial charge in [-0.1, -0.05) is 75.8 Å². The second kappa shape index (κ2) is 28.9. The summed E-state index contributed by atoms with van der Waals surface area (Å²) >= 11 is 19.9. The maximum atomic E-state index is 13.2. The number of thioether (sulfide) groups is 1. The number of carboxylic acid groups (broad SMARTS) is 2. The number of aromatic nitrogens is 1. The zero-order valence-electron chi connectivity index (χ0n) is 43.3. The molecule has 0 spiro atoms. The molecule has 418 valence electrons. The molecule has 5 aromatic carbocycles. The number of halogens is 2. The summed E-state index contributed by atoms with van der Waals surface area (Å²) < 4.78 is 36.7. The van der Waals surface area contributed by atoms with E-state index in [4.69, 9.17) is 23.2 Å². The number of benzene rings is 5. The molecule has 2 atom stereocenters. The third-order valence-electron chi connectivity index (χ3n) is 12.3. The fraction of sp³-hybridized carbons (Fsp3) is 0.278. The number of anilines is 5. The summed E-state index contributed by atoms with van der Waals surface area (Å²) in [6.07, 6.45) is 3.47. The van der Waals surface area contributed by atoms with Crippen molar-refractivity contribution in [2.24, 2.45) is 10.3 Å². The molecule has 25 heteroatoms. The van der Waals surface area contributed by atoms with Crippen LogP contribution in [-0.2, 0) is 31.2 Å². The van der Waals surface area contributed by atoms with E-state index in [9.17, 15) is 42.4 Å². The van der Waals surface area contributed by atoms with Gasteiger partial charge in [0.1, 0.15) is 11.0 Å². The molecular weight excluding hydrogens is 1130 g/mol. The lowest BCUT2D eigenvalue weighted by molar-refractivity contribution is -0.672. The smallest absolute Gasteiger partial charge is 0.267 e. The quantitative estimate of drug-likeness (QED) is 0.0122. The van der Waals surface area contributed by atoms with Crippen LogP contribution in [-0.4, -0.2) is 87.1 Å². The van der Waals surface area contributed by atoms with Crippen LogP contribution in [0.15, 0.2) is 137 Å². The number of thiol groups is 1. The lowest BCUT2D eigenvalue weighted by atomic mass is 10.1. The first-order valence-electron chi connectivity index (χ1n) is 24.6. The highest BCUT2D eigenvalue weighted by Crippen LogP contribution is 2.48. The van der Waals surface area contributed by atoms with Crippen molar-refractivity contribution in [3.8, 4) is 0 Å². The Hall–Kier alpha value is -6.86. The molecule has 0 bridgehead atoms. The van der Waals surface area contributed by atoms with Crippen molar-refractivity contribution in [1.82, 2.24) is 10.9 Å². The topological polar surface area (TPSA) is 249 Å². The molecule has 0 saturated carbocycles. The highest BCUT2D eigenvalue weighted by molar-refractivity contribution is 8.04. The van der Waals surface area contributed by atoms with Gasteiger partial charge in [0.2, 0.25) is 23.6 Å². The van der Waals surface area contributed by atoms with Crippen molar-refractivity contribution >= 4 is 138 Å². The van der Waals surface area contributed by atoms with Gasteiger partial charge in [-0.2, -0.15) is 10.1 Å². The minimum absolute atomic E-state index is 0.0326. The number of para-hydroxylation sites is 1. The van der Waals surface area contributed by atoms with Crippen molar-refractivity contribution in [2.75, 3.05) is 63.5 Å². The van der Waals surface area contributed by atoms with Crippen molar-refractivity contribution in [2.45, 2.75) is 63.1 Å². The zero-order chi connectivity index (χ0) is 57.4. The summed E-state index contributed by atoms with van der Waals surface area (Å²) in [5.41, 5.74) is 9.90. The minimum Gasteiger partial charge on any atom is -0.748 e. The first-order chi connectivity index (χ1) is 37.8. The Balaban J connectivity index is 0.000000277. The fourth-order valence-corrected chi connectivity index (χ4v) is 11.9. The number of fused-ring (bicyclic) bond motifs is 2. The molecule has 0 fully saturated rings. The van der Waals surface area contributed by atoms with Crippen LogP contribution in [0.4, 0.5) is 28.4 Å². The Morgan fingerprint density at radius 2 is 1.65 bits per heavy atom. The number of thiazole rings is 1. The Labute approximate surface area is 482 Å². The van der Waals surface area contributed by atoms with E-state index in [0.29, 0.717) is 40.7 Å². The molecule has 19 nitrogen and oxygen atoms in total. The van der Waals surface area contributed by atoms with Gasteiger partial charge in [0, 0.05) is 82.0 Å². The number of aldehydes is 1. The Bertz CT molecular complexity index is 3290. The van der Waals surface area contributed by atoms with Gasteiger partial charge < -0.3 is 49.7 Å².